The molecule has 0 aliphatic carbocycles. The molecule has 2 N–H and O–H groups in total. The third-order valence-corrected chi connectivity index (χ3v) is 2.74. The standard InChI is InChI=1S/C11H15NO4S/c1-6-8(7(5-17-6)9(13)14)12-10(15)16-11(2,3)4/h5H,1-4H3,(H,12,15)(H,13,14). The summed E-state index contributed by atoms with van der Waals surface area (Å²) in [6.45, 7) is 6.96. The molecular formula is C11H15NO4S. The largest absolute Gasteiger partial charge is 0.478 e. The van der Waals surface area contributed by atoms with Gasteiger partial charge in [0.2, 0.25) is 0 Å². The lowest BCUT2D eigenvalue weighted by atomic mass is 10.2. The molecule has 0 saturated heterocycles. The second-order valence-corrected chi connectivity index (χ2v) is 5.60. The molecule has 1 rings (SSSR count). The predicted octanol–water partition coefficient (Wildman–Crippen LogP) is 3.10. The van der Waals surface area contributed by atoms with Crippen LogP contribution in [0.5, 0.6) is 0 Å². The predicted molar refractivity (Wildman–Crippen MR) is 65.9 cm³/mol. The lowest BCUT2D eigenvalue weighted by Gasteiger charge is -2.19. The van der Waals surface area contributed by atoms with Crippen molar-refractivity contribution in [3.8, 4) is 0 Å². The third kappa shape index (κ3) is 3.74. The van der Waals surface area contributed by atoms with Gasteiger partial charge in [-0.2, -0.15) is 0 Å². The van der Waals surface area contributed by atoms with Gasteiger partial charge < -0.3 is 9.84 Å². The lowest BCUT2D eigenvalue weighted by Crippen LogP contribution is -2.27. The molecule has 1 aromatic heterocycles. The van der Waals surface area contributed by atoms with E-state index in [4.69, 9.17) is 9.84 Å². The van der Waals surface area contributed by atoms with Gasteiger partial charge in [0.25, 0.3) is 0 Å². The quantitative estimate of drug-likeness (QED) is 0.853. The van der Waals surface area contributed by atoms with Gasteiger partial charge >= 0.3 is 12.1 Å². The average Bonchev–Trinajstić information content (AvgIpc) is 2.44. The van der Waals surface area contributed by atoms with Crippen LogP contribution in [-0.2, 0) is 4.74 Å². The summed E-state index contributed by atoms with van der Waals surface area (Å²) in [5.74, 6) is -1.07. The molecule has 0 radical (unpaired) electrons. The second-order valence-electron chi connectivity index (χ2n) is 4.51. The van der Waals surface area contributed by atoms with Crippen molar-refractivity contribution in [2.75, 3.05) is 5.32 Å². The number of rotatable bonds is 2. The number of carbonyl (C=O) groups excluding carboxylic acids is 1. The van der Waals surface area contributed by atoms with Crippen molar-refractivity contribution in [3.63, 3.8) is 0 Å². The number of hydrogen-bond acceptors (Lipinski definition) is 4. The van der Waals surface area contributed by atoms with Crippen molar-refractivity contribution >= 4 is 29.1 Å². The highest BCUT2D eigenvalue weighted by molar-refractivity contribution is 7.10. The van der Waals surface area contributed by atoms with E-state index in [1.165, 1.54) is 16.7 Å². The van der Waals surface area contributed by atoms with Gasteiger partial charge in [-0.1, -0.05) is 0 Å². The van der Waals surface area contributed by atoms with Crippen LogP contribution in [0.15, 0.2) is 5.38 Å². The summed E-state index contributed by atoms with van der Waals surface area (Å²) in [7, 11) is 0. The first-order valence-corrected chi connectivity index (χ1v) is 5.90. The summed E-state index contributed by atoms with van der Waals surface area (Å²) < 4.78 is 5.06. The molecule has 1 amide bonds. The van der Waals surface area contributed by atoms with E-state index in [9.17, 15) is 9.59 Å². The zero-order chi connectivity index (χ0) is 13.2. The molecule has 0 aromatic carbocycles. The molecule has 0 saturated carbocycles. The van der Waals surface area contributed by atoms with Crippen LogP contribution in [0.25, 0.3) is 0 Å². The molecule has 1 aromatic rings. The Labute approximate surface area is 103 Å². The molecule has 1 heterocycles. The maximum atomic E-state index is 11.5. The number of nitrogens with one attached hydrogen (secondary N) is 1. The number of carboxylic acid groups (broad SMARTS) is 1. The van der Waals surface area contributed by atoms with Crippen LogP contribution in [0.3, 0.4) is 0 Å². The fraction of sp³-hybridized carbons (Fsp3) is 0.455. The minimum absolute atomic E-state index is 0.0818. The van der Waals surface area contributed by atoms with Gasteiger partial charge in [0, 0.05) is 10.3 Å². The van der Waals surface area contributed by atoms with Gasteiger partial charge in [-0.05, 0) is 27.7 Å². The van der Waals surface area contributed by atoms with Crippen LogP contribution in [-0.4, -0.2) is 22.8 Å². The number of aryl methyl sites for hydroxylation is 1. The first kappa shape index (κ1) is 13.5. The molecule has 0 spiro atoms. The van der Waals surface area contributed by atoms with Gasteiger partial charge in [0.15, 0.2) is 0 Å². The van der Waals surface area contributed by atoms with Crippen molar-refractivity contribution in [1.82, 2.24) is 0 Å². The highest BCUT2D eigenvalue weighted by Crippen LogP contribution is 2.27. The Balaban J connectivity index is 2.85. The summed E-state index contributed by atoms with van der Waals surface area (Å²) in [4.78, 5) is 23.2. The van der Waals surface area contributed by atoms with E-state index in [0.29, 0.717) is 5.69 Å². The number of carboxylic acids is 1. The van der Waals surface area contributed by atoms with Gasteiger partial charge in [-0.15, -0.1) is 11.3 Å². The Kier molecular flexibility index (Phi) is 3.77. The first-order chi connectivity index (χ1) is 7.70. The summed E-state index contributed by atoms with van der Waals surface area (Å²) in [5.41, 5.74) is -0.229. The molecule has 17 heavy (non-hydrogen) atoms. The molecule has 0 aliphatic heterocycles. The minimum atomic E-state index is -1.07. The third-order valence-electron chi connectivity index (χ3n) is 1.83. The Morgan fingerprint density at radius 3 is 2.47 bits per heavy atom. The number of thiophene rings is 1. The van der Waals surface area contributed by atoms with E-state index in [0.717, 1.165) is 4.88 Å². The summed E-state index contributed by atoms with van der Waals surface area (Å²) in [5, 5.41) is 12.9. The molecular weight excluding hydrogens is 242 g/mol. The van der Waals surface area contributed by atoms with E-state index < -0.39 is 17.7 Å². The fourth-order valence-corrected chi connectivity index (χ4v) is 1.97. The highest BCUT2D eigenvalue weighted by atomic mass is 32.1. The van der Waals surface area contributed by atoms with Crippen molar-refractivity contribution in [2.45, 2.75) is 33.3 Å². The van der Waals surface area contributed by atoms with Crippen LogP contribution in [0.2, 0.25) is 0 Å². The van der Waals surface area contributed by atoms with Gasteiger partial charge in [0.05, 0.1) is 11.3 Å². The van der Waals surface area contributed by atoms with E-state index in [-0.39, 0.29) is 5.56 Å². The zero-order valence-electron chi connectivity index (χ0n) is 10.2. The van der Waals surface area contributed by atoms with E-state index in [1.54, 1.807) is 27.7 Å². The van der Waals surface area contributed by atoms with Gasteiger partial charge in [-0.3, -0.25) is 5.32 Å². The topological polar surface area (TPSA) is 75.6 Å². The normalized spacial score (nSPS) is 11.1. The van der Waals surface area contributed by atoms with E-state index in [1.807, 2.05) is 0 Å². The van der Waals surface area contributed by atoms with Crippen LogP contribution in [0, 0.1) is 6.92 Å². The lowest BCUT2D eigenvalue weighted by molar-refractivity contribution is 0.0636. The van der Waals surface area contributed by atoms with Crippen LogP contribution in [0.1, 0.15) is 36.0 Å². The summed E-state index contributed by atoms with van der Waals surface area (Å²) in [6.07, 6.45) is -0.651. The average molecular weight is 257 g/mol. The number of aromatic carboxylic acids is 1. The molecule has 0 atom stereocenters. The van der Waals surface area contributed by atoms with Crippen molar-refractivity contribution in [1.29, 1.82) is 0 Å². The van der Waals surface area contributed by atoms with Crippen LogP contribution in [0.4, 0.5) is 10.5 Å². The first-order valence-electron chi connectivity index (χ1n) is 5.02. The molecule has 6 heteroatoms. The maximum absolute atomic E-state index is 11.5. The van der Waals surface area contributed by atoms with Crippen molar-refractivity contribution in [2.24, 2.45) is 0 Å². The Bertz CT molecular complexity index is 445. The molecule has 94 valence electrons. The summed E-state index contributed by atoms with van der Waals surface area (Å²) >= 11 is 1.27. The molecule has 0 aliphatic rings. The number of amides is 1. The molecule has 5 nitrogen and oxygen atoms in total. The second kappa shape index (κ2) is 4.75. The highest BCUT2D eigenvalue weighted by Gasteiger charge is 2.20. The van der Waals surface area contributed by atoms with Crippen LogP contribution >= 0.6 is 11.3 Å². The minimum Gasteiger partial charge on any atom is -0.478 e. The van der Waals surface area contributed by atoms with E-state index >= 15 is 0 Å². The van der Waals surface area contributed by atoms with E-state index in [2.05, 4.69) is 5.32 Å². The SMILES string of the molecule is Cc1scc(C(=O)O)c1NC(=O)OC(C)(C)C. The van der Waals surface area contributed by atoms with Crippen molar-refractivity contribution < 1.29 is 19.4 Å². The maximum Gasteiger partial charge on any atom is 0.412 e. The van der Waals surface area contributed by atoms with Crippen LogP contribution < -0.4 is 5.32 Å². The number of carbonyl (C=O) groups is 2. The molecule has 0 unspecified atom stereocenters. The monoisotopic (exact) mass is 257 g/mol. The smallest absolute Gasteiger partial charge is 0.412 e. The van der Waals surface area contributed by atoms with Crippen molar-refractivity contribution in [3.05, 3.63) is 15.8 Å². The zero-order valence-corrected chi connectivity index (χ0v) is 11.0. The molecule has 0 fully saturated rings. The number of hydrogen-bond donors (Lipinski definition) is 2. The molecule has 0 bridgehead atoms. The number of ether oxygens (including phenoxy) is 1. The van der Waals surface area contributed by atoms with Gasteiger partial charge in [0.1, 0.15) is 5.60 Å². The Morgan fingerprint density at radius 2 is 2.00 bits per heavy atom. The fourth-order valence-electron chi connectivity index (χ4n) is 1.17. The van der Waals surface area contributed by atoms with Gasteiger partial charge in [-0.25, -0.2) is 9.59 Å². The summed E-state index contributed by atoms with van der Waals surface area (Å²) in [6, 6.07) is 0. The Morgan fingerprint density at radius 1 is 1.41 bits per heavy atom. The Hall–Kier alpha value is -1.56. The number of anilines is 1.